The Bertz CT molecular complexity index is 522. The first kappa shape index (κ1) is 14.7. The van der Waals surface area contributed by atoms with Gasteiger partial charge in [-0.15, -0.1) is 0 Å². The van der Waals surface area contributed by atoms with E-state index in [0.717, 1.165) is 19.4 Å². The Morgan fingerprint density at radius 1 is 1.58 bits per heavy atom. The number of thiocarbonyl (C=S) groups is 1. The largest absolute Gasteiger partial charge is 0.389 e. The number of piperidine rings is 1. The van der Waals surface area contributed by atoms with Crippen LogP contribution < -0.4 is 10.6 Å². The third-order valence-electron chi connectivity index (χ3n) is 3.34. The molecule has 1 unspecified atom stereocenters. The Morgan fingerprint density at radius 2 is 2.26 bits per heavy atom. The van der Waals surface area contributed by atoms with Gasteiger partial charge < -0.3 is 15.7 Å². The molecule has 104 valence electrons. The first-order valence-corrected chi connectivity index (χ1v) is 7.27. The highest BCUT2D eigenvalue weighted by molar-refractivity contribution is 9.10. The fourth-order valence-electron chi connectivity index (χ4n) is 2.40. The van der Waals surface area contributed by atoms with Crippen LogP contribution in [0.2, 0.25) is 0 Å². The van der Waals surface area contributed by atoms with Gasteiger partial charge in [0.1, 0.15) is 4.99 Å². The predicted molar refractivity (Wildman–Crippen MR) is 82.1 cm³/mol. The number of hydrogen-bond acceptors (Lipinski definition) is 3. The molecule has 0 saturated carbocycles. The fraction of sp³-hybridized carbons (Fsp3) is 0.462. The molecule has 0 amide bonds. The molecule has 0 aliphatic carbocycles. The molecule has 0 aromatic heterocycles. The number of aliphatic hydroxyl groups is 1. The summed E-state index contributed by atoms with van der Waals surface area (Å²) in [5.41, 5.74) is 5.71. The molecular formula is C13H16BrFN2OS. The van der Waals surface area contributed by atoms with Gasteiger partial charge in [0.05, 0.1) is 15.8 Å². The molecular weight excluding hydrogens is 331 g/mol. The number of nitrogens with two attached hydrogens (primary N) is 1. The maximum Gasteiger partial charge on any atom is 0.161 e. The van der Waals surface area contributed by atoms with Crippen molar-refractivity contribution in [1.29, 1.82) is 0 Å². The lowest BCUT2D eigenvalue weighted by atomic mass is 9.94. The maximum absolute atomic E-state index is 14.4. The third kappa shape index (κ3) is 3.07. The van der Waals surface area contributed by atoms with Crippen LogP contribution in [0.4, 0.5) is 10.1 Å². The molecule has 2 rings (SSSR count). The monoisotopic (exact) mass is 346 g/mol. The predicted octanol–water partition coefficient (Wildman–Crippen LogP) is 2.57. The zero-order chi connectivity index (χ0) is 14.2. The minimum Gasteiger partial charge on any atom is -0.389 e. The second-order valence-electron chi connectivity index (χ2n) is 5.15. The summed E-state index contributed by atoms with van der Waals surface area (Å²) in [6, 6.07) is 3.37. The number of anilines is 1. The summed E-state index contributed by atoms with van der Waals surface area (Å²) in [4.78, 5) is 2.01. The van der Waals surface area contributed by atoms with Crippen LogP contribution in [0.5, 0.6) is 0 Å². The minimum atomic E-state index is -0.779. The van der Waals surface area contributed by atoms with Crippen LogP contribution in [0.1, 0.15) is 25.3 Å². The Hall–Kier alpha value is -0.720. The Labute approximate surface area is 125 Å². The van der Waals surface area contributed by atoms with Gasteiger partial charge in [0.2, 0.25) is 0 Å². The molecule has 0 bridgehead atoms. The molecule has 19 heavy (non-hydrogen) atoms. The van der Waals surface area contributed by atoms with E-state index in [4.69, 9.17) is 18.0 Å². The van der Waals surface area contributed by atoms with Gasteiger partial charge in [-0.05, 0) is 47.8 Å². The van der Waals surface area contributed by atoms with Gasteiger partial charge >= 0.3 is 0 Å². The highest BCUT2D eigenvalue weighted by atomic mass is 79.9. The quantitative estimate of drug-likeness (QED) is 0.808. The van der Waals surface area contributed by atoms with Crippen molar-refractivity contribution in [2.45, 2.75) is 25.4 Å². The third-order valence-corrected chi connectivity index (χ3v) is 4.34. The summed E-state index contributed by atoms with van der Waals surface area (Å²) in [6.07, 6.45) is 1.57. The van der Waals surface area contributed by atoms with E-state index >= 15 is 0 Å². The standard InChI is InChI=1S/C13H16BrFN2OS/c1-13(18)5-2-6-17(7-13)9-4-3-8(12(16)19)10(14)11(9)15/h3-4,18H,2,5-7H2,1H3,(H2,16,19). The van der Waals surface area contributed by atoms with Crippen molar-refractivity contribution in [2.75, 3.05) is 18.0 Å². The number of benzene rings is 1. The van der Waals surface area contributed by atoms with Crippen LogP contribution in [0, 0.1) is 5.82 Å². The molecule has 1 aromatic rings. The van der Waals surface area contributed by atoms with Gasteiger partial charge in [-0.1, -0.05) is 12.2 Å². The lowest BCUT2D eigenvalue weighted by Crippen LogP contribution is -2.46. The number of nitrogens with zero attached hydrogens (tertiary/aromatic N) is 1. The van der Waals surface area contributed by atoms with E-state index in [1.54, 1.807) is 19.1 Å². The molecule has 3 N–H and O–H groups in total. The normalized spacial score (nSPS) is 23.5. The molecule has 0 spiro atoms. The SMILES string of the molecule is CC1(O)CCCN(c2ccc(C(N)=S)c(Br)c2F)C1. The Balaban J connectivity index is 2.36. The summed E-state index contributed by atoms with van der Waals surface area (Å²) in [5, 5.41) is 10.1. The van der Waals surface area contributed by atoms with Crippen molar-refractivity contribution in [3.05, 3.63) is 28.0 Å². The molecule has 1 saturated heterocycles. The zero-order valence-electron chi connectivity index (χ0n) is 10.6. The van der Waals surface area contributed by atoms with Gasteiger partial charge in [0.25, 0.3) is 0 Å². The van der Waals surface area contributed by atoms with Crippen LogP contribution in [0.15, 0.2) is 16.6 Å². The lowest BCUT2D eigenvalue weighted by Gasteiger charge is -2.38. The van der Waals surface area contributed by atoms with Gasteiger partial charge in [-0.2, -0.15) is 0 Å². The lowest BCUT2D eigenvalue weighted by molar-refractivity contribution is 0.0447. The summed E-state index contributed by atoms with van der Waals surface area (Å²) >= 11 is 8.07. The van der Waals surface area contributed by atoms with Crippen molar-refractivity contribution >= 4 is 38.8 Å². The highest BCUT2D eigenvalue weighted by Crippen LogP contribution is 2.32. The molecule has 1 atom stereocenters. The molecule has 6 heteroatoms. The first-order chi connectivity index (χ1) is 8.82. The number of halogens is 2. The number of hydrogen-bond donors (Lipinski definition) is 2. The summed E-state index contributed by atoms with van der Waals surface area (Å²) in [6.45, 7) is 2.92. The van der Waals surface area contributed by atoms with E-state index in [0.29, 0.717) is 17.8 Å². The molecule has 1 heterocycles. The van der Waals surface area contributed by atoms with Gasteiger partial charge in [0, 0.05) is 18.7 Å². The fourth-order valence-corrected chi connectivity index (χ4v) is 3.25. The second kappa shape index (κ2) is 5.34. The van der Waals surface area contributed by atoms with Gasteiger partial charge in [-0.25, -0.2) is 4.39 Å². The van der Waals surface area contributed by atoms with Crippen LogP contribution in [0.3, 0.4) is 0 Å². The van der Waals surface area contributed by atoms with E-state index in [2.05, 4.69) is 15.9 Å². The average Bonchev–Trinajstić information content (AvgIpc) is 2.30. The van der Waals surface area contributed by atoms with Gasteiger partial charge in [0.15, 0.2) is 5.82 Å². The van der Waals surface area contributed by atoms with Crippen molar-refractivity contribution in [3.8, 4) is 0 Å². The van der Waals surface area contributed by atoms with E-state index in [1.807, 2.05) is 4.90 Å². The minimum absolute atomic E-state index is 0.156. The van der Waals surface area contributed by atoms with Crippen LogP contribution in [-0.4, -0.2) is 28.8 Å². The van der Waals surface area contributed by atoms with E-state index < -0.39 is 5.60 Å². The molecule has 1 aromatic carbocycles. The average molecular weight is 347 g/mol. The maximum atomic E-state index is 14.4. The molecule has 0 radical (unpaired) electrons. The van der Waals surface area contributed by atoms with Crippen LogP contribution in [0.25, 0.3) is 0 Å². The van der Waals surface area contributed by atoms with Crippen LogP contribution >= 0.6 is 28.1 Å². The van der Waals surface area contributed by atoms with Crippen LogP contribution in [-0.2, 0) is 0 Å². The van der Waals surface area contributed by atoms with E-state index in [1.165, 1.54) is 0 Å². The summed E-state index contributed by atoms with van der Waals surface area (Å²) in [5.74, 6) is -0.386. The Kier molecular flexibility index (Phi) is 4.13. The molecule has 1 aliphatic rings. The van der Waals surface area contributed by atoms with Crippen molar-refractivity contribution in [3.63, 3.8) is 0 Å². The topological polar surface area (TPSA) is 49.5 Å². The van der Waals surface area contributed by atoms with E-state index in [-0.39, 0.29) is 15.3 Å². The second-order valence-corrected chi connectivity index (χ2v) is 6.38. The van der Waals surface area contributed by atoms with Crippen molar-refractivity contribution in [1.82, 2.24) is 0 Å². The summed E-state index contributed by atoms with van der Waals surface area (Å²) in [7, 11) is 0. The number of rotatable bonds is 2. The molecule has 1 fully saturated rings. The zero-order valence-corrected chi connectivity index (χ0v) is 13.0. The first-order valence-electron chi connectivity index (χ1n) is 6.07. The Morgan fingerprint density at radius 3 is 2.84 bits per heavy atom. The molecule has 1 aliphatic heterocycles. The van der Waals surface area contributed by atoms with Gasteiger partial charge in [-0.3, -0.25) is 0 Å². The molecule has 3 nitrogen and oxygen atoms in total. The number of β-amino-alcohol motifs (C(OH)–C–C–N with tert-alkyl or cyclic N) is 1. The highest BCUT2D eigenvalue weighted by Gasteiger charge is 2.30. The van der Waals surface area contributed by atoms with E-state index in [9.17, 15) is 9.50 Å². The van der Waals surface area contributed by atoms with Crippen molar-refractivity contribution < 1.29 is 9.50 Å². The van der Waals surface area contributed by atoms with Crippen molar-refractivity contribution in [2.24, 2.45) is 5.73 Å². The smallest absolute Gasteiger partial charge is 0.161 e. The summed E-state index contributed by atoms with van der Waals surface area (Å²) < 4.78 is 14.7.